The number of rotatable bonds is 2. The number of hydrogen-bond donors (Lipinski definition) is 0. The van der Waals surface area contributed by atoms with E-state index in [2.05, 4.69) is 250 Å². The van der Waals surface area contributed by atoms with Gasteiger partial charge in [-0.2, -0.15) is 0 Å². The van der Waals surface area contributed by atoms with Crippen LogP contribution in [0.1, 0.15) is 0 Å². The smallest absolute Gasteiger partial charge is 0.256 e. The molecule has 8 aliphatic rings. The molecule has 11 aromatic rings. The minimum Gasteiger partial charge on any atom is -0.458 e. The van der Waals surface area contributed by atoms with Crippen molar-refractivity contribution in [1.29, 1.82) is 0 Å². The van der Waals surface area contributed by atoms with Gasteiger partial charge in [-0.15, -0.1) is 0 Å². The number of anilines is 12. The lowest BCUT2D eigenvalue weighted by molar-refractivity contribution is 0.486. The van der Waals surface area contributed by atoms with Crippen molar-refractivity contribution >= 4 is 172 Å². The third-order valence-electron chi connectivity index (χ3n) is 17.9. The van der Waals surface area contributed by atoms with Crippen molar-refractivity contribution in [3.05, 3.63) is 231 Å². The number of nitrogens with zero attached hydrogens (tertiary/aromatic N) is 4. The predicted molar refractivity (Wildman–Crippen MR) is 321 cm³/mol. The molecule has 8 aliphatic heterocycles. The average Bonchev–Trinajstić information content (AvgIpc) is 3.67. The topological polar surface area (TPSA) is 22.2 Å². The SMILES string of the molecule is c1ccc(N2c3ccccc3B3c4ccccc4N4c5ccccc5B5c6cc7c(cc6Oc6cc2c3c4c65)Sc2cc3c4c5c2B7c2ccccc2N5c2ccccc2B4c2ccccc2N3c2ccccc2)cc1. The zero-order valence-corrected chi connectivity index (χ0v) is 41.7. The van der Waals surface area contributed by atoms with E-state index in [0.29, 0.717) is 0 Å². The van der Waals surface area contributed by atoms with E-state index in [1.807, 2.05) is 11.8 Å². The minimum absolute atomic E-state index is 0.0108. The van der Waals surface area contributed by atoms with Crippen LogP contribution in [0.25, 0.3) is 0 Å². The highest BCUT2D eigenvalue weighted by atomic mass is 32.2. The molecule has 0 fully saturated rings. The summed E-state index contributed by atoms with van der Waals surface area (Å²) < 4.78 is 7.60. The highest BCUT2D eigenvalue weighted by Gasteiger charge is 2.54. The lowest BCUT2D eigenvalue weighted by atomic mass is 9.28. The maximum Gasteiger partial charge on any atom is 0.256 e. The molecule has 0 amide bonds. The van der Waals surface area contributed by atoms with E-state index in [-0.39, 0.29) is 26.9 Å². The molecule has 11 aromatic carbocycles. The van der Waals surface area contributed by atoms with Crippen LogP contribution in [0.3, 0.4) is 0 Å². The Labute approximate surface area is 446 Å². The first-order valence-corrected chi connectivity index (χ1v) is 27.4. The molecule has 0 spiro atoms. The maximum atomic E-state index is 7.60. The summed E-state index contributed by atoms with van der Waals surface area (Å²) in [5.74, 6) is 1.85. The summed E-state index contributed by atoms with van der Waals surface area (Å²) in [6, 6.07) is 86.7. The van der Waals surface area contributed by atoms with Crippen molar-refractivity contribution in [2.75, 3.05) is 19.6 Å². The lowest BCUT2D eigenvalue weighted by Gasteiger charge is -2.50. The molecule has 0 aromatic heterocycles. The van der Waals surface area contributed by atoms with Crippen LogP contribution in [0.2, 0.25) is 0 Å². The standard InChI is InChI=1S/C66H38B4N4OS/c1-3-19-39(20-4-1)71-49-29-13-7-23-41(49)67-43-25-9-15-31-51(43)73-53-33-17-11-27-45(53)69-47-35-48-59(38-57(47)75-58-36-55(71)61(67)65(73)63(58)69)76-60-37-56-62-66-64(60)70(48)46-28-12-18-34-54(46)74(66)52-32-16-10-26-44(52)68(62)42-24-8-14-30-50(42)72(56)40-21-5-2-6-22-40/h1-38H. The van der Waals surface area contributed by atoms with Gasteiger partial charge in [0.1, 0.15) is 11.5 Å². The van der Waals surface area contributed by atoms with Gasteiger partial charge in [-0.25, -0.2) is 0 Å². The van der Waals surface area contributed by atoms with Crippen LogP contribution in [-0.2, 0) is 0 Å². The van der Waals surface area contributed by atoms with Gasteiger partial charge in [0.25, 0.3) is 20.1 Å². The van der Waals surface area contributed by atoms with E-state index >= 15 is 0 Å². The molecule has 10 heteroatoms. The molecule has 0 saturated heterocycles. The van der Waals surface area contributed by atoms with Gasteiger partial charge in [0.05, 0.1) is 0 Å². The van der Waals surface area contributed by atoms with Crippen molar-refractivity contribution in [2.24, 2.45) is 0 Å². The van der Waals surface area contributed by atoms with Gasteiger partial charge in [-0.1, -0.05) is 169 Å². The molecule has 19 rings (SSSR count). The van der Waals surface area contributed by atoms with Crippen LogP contribution in [0.5, 0.6) is 11.5 Å². The van der Waals surface area contributed by atoms with Crippen LogP contribution in [0, 0.1) is 0 Å². The average molecular weight is 978 g/mol. The Hall–Kier alpha value is -8.97. The van der Waals surface area contributed by atoms with E-state index in [1.54, 1.807) is 0 Å². The first kappa shape index (κ1) is 40.4. The number of fused-ring (bicyclic) bond motifs is 20. The number of benzene rings is 11. The molecule has 5 nitrogen and oxygen atoms in total. The fourth-order valence-electron chi connectivity index (χ4n) is 15.2. The van der Waals surface area contributed by atoms with Crippen LogP contribution in [-0.4, -0.2) is 26.9 Å². The van der Waals surface area contributed by atoms with Crippen molar-refractivity contribution in [1.82, 2.24) is 0 Å². The first-order chi connectivity index (χ1) is 37.8. The number of hydrogen-bond acceptors (Lipinski definition) is 6. The summed E-state index contributed by atoms with van der Waals surface area (Å²) >= 11 is 1.92. The van der Waals surface area contributed by atoms with E-state index in [4.69, 9.17) is 4.74 Å². The summed E-state index contributed by atoms with van der Waals surface area (Å²) in [5, 5.41) is 0. The molecule has 0 atom stereocenters. The largest absolute Gasteiger partial charge is 0.458 e. The van der Waals surface area contributed by atoms with Gasteiger partial charge in [-0.05, 0) is 133 Å². The Morgan fingerprint density at radius 1 is 0.263 bits per heavy atom. The third kappa shape index (κ3) is 4.91. The van der Waals surface area contributed by atoms with E-state index in [9.17, 15) is 0 Å². The Kier molecular flexibility index (Phi) is 7.68. The van der Waals surface area contributed by atoms with Gasteiger partial charge < -0.3 is 24.3 Å². The van der Waals surface area contributed by atoms with Gasteiger partial charge in [-0.3, -0.25) is 0 Å². The molecule has 346 valence electrons. The fourth-order valence-corrected chi connectivity index (χ4v) is 16.4. The molecule has 0 bridgehead atoms. The Morgan fingerprint density at radius 3 is 1.09 bits per heavy atom. The molecule has 76 heavy (non-hydrogen) atoms. The predicted octanol–water partition coefficient (Wildman–Crippen LogP) is 8.08. The summed E-state index contributed by atoms with van der Waals surface area (Å²) in [6.45, 7) is 0.0169. The van der Waals surface area contributed by atoms with E-state index < -0.39 is 0 Å². The summed E-state index contributed by atoms with van der Waals surface area (Å²) in [5.41, 5.74) is 30.5. The van der Waals surface area contributed by atoms with Crippen molar-refractivity contribution in [3.63, 3.8) is 0 Å². The van der Waals surface area contributed by atoms with Crippen molar-refractivity contribution < 1.29 is 4.74 Å². The Bertz CT molecular complexity index is 4160. The quantitative estimate of drug-likeness (QED) is 0.163. The monoisotopic (exact) mass is 978 g/mol. The van der Waals surface area contributed by atoms with Crippen LogP contribution < -0.4 is 89.9 Å². The van der Waals surface area contributed by atoms with Crippen LogP contribution in [0.4, 0.5) is 68.2 Å². The molecular formula is C66H38B4N4OS. The molecule has 0 unspecified atom stereocenters. The molecule has 0 aliphatic carbocycles. The molecule has 0 radical (unpaired) electrons. The van der Waals surface area contributed by atoms with E-state index in [1.165, 1.54) is 127 Å². The fraction of sp³-hybridized carbons (Fsp3) is 0. The van der Waals surface area contributed by atoms with Crippen LogP contribution >= 0.6 is 11.8 Å². The second kappa shape index (κ2) is 14.4. The normalized spacial score (nSPS) is 14.9. The second-order valence-electron chi connectivity index (χ2n) is 21.4. The Morgan fingerprint density at radius 2 is 0.632 bits per heavy atom. The molecule has 0 N–H and O–H groups in total. The number of para-hydroxylation sites is 8. The first-order valence-electron chi connectivity index (χ1n) is 26.6. The minimum atomic E-state index is -0.0686. The molecular weight excluding hydrogens is 940 g/mol. The summed E-state index contributed by atoms with van der Waals surface area (Å²) in [7, 11) is 0. The lowest BCUT2D eigenvalue weighted by Crippen LogP contribution is -2.69. The zero-order chi connectivity index (χ0) is 49.1. The van der Waals surface area contributed by atoms with Gasteiger partial charge >= 0.3 is 0 Å². The van der Waals surface area contributed by atoms with Crippen LogP contribution in [0.15, 0.2) is 240 Å². The summed E-state index contributed by atoms with van der Waals surface area (Å²) in [6.07, 6.45) is 0. The Balaban J connectivity index is 0.881. The second-order valence-corrected chi connectivity index (χ2v) is 22.5. The molecule has 0 saturated carbocycles. The highest BCUT2D eigenvalue weighted by molar-refractivity contribution is 8.00. The van der Waals surface area contributed by atoms with E-state index in [0.717, 1.165) is 28.6 Å². The van der Waals surface area contributed by atoms with Gasteiger partial charge in [0.2, 0.25) is 6.71 Å². The van der Waals surface area contributed by atoms with Crippen molar-refractivity contribution in [2.45, 2.75) is 9.79 Å². The third-order valence-corrected chi connectivity index (χ3v) is 19.0. The highest BCUT2D eigenvalue weighted by Crippen LogP contribution is 2.51. The van der Waals surface area contributed by atoms with Gasteiger partial charge in [0.15, 0.2) is 0 Å². The molecule has 8 heterocycles. The zero-order valence-electron chi connectivity index (χ0n) is 40.9. The van der Waals surface area contributed by atoms with Crippen molar-refractivity contribution in [3.8, 4) is 11.5 Å². The van der Waals surface area contributed by atoms with Gasteiger partial charge in [0, 0.05) is 84.1 Å². The summed E-state index contributed by atoms with van der Waals surface area (Å²) in [4.78, 5) is 12.7. The number of ether oxygens (including phenoxy) is 1. The maximum absolute atomic E-state index is 7.60.